The van der Waals surface area contributed by atoms with Crippen molar-refractivity contribution in [1.29, 1.82) is 0 Å². The second kappa shape index (κ2) is 7.29. The Bertz CT molecular complexity index is 800. The lowest BCUT2D eigenvalue weighted by Crippen LogP contribution is -2.27. The lowest BCUT2D eigenvalue weighted by atomic mass is 10.1. The molecule has 1 heterocycles. The maximum absolute atomic E-state index is 14.2. The topological polar surface area (TPSA) is 80.3 Å². The predicted molar refractivity (Wildman–Crippen MR) is 93.2 cm³/mol. The van der Waals surface area contributed by atoms with Crippen LogP contribution in [0.5, 0.6) is 0 Å². The fourth-order valence-electron chi connectivity index (χ4n) is 2.05. The number of nitrogens with one attached hydrogen (secondary N) is 2. The first-order valence-electron chi connectivity index (χ1n) is 7.68. The summed E-state index contributed by atoms with van der Waals surface area (Å²) in [7, 11) is 0. The second-order valence-corrected chi connectivity index (χ2v) is 6.43. The number of benzene rings is 1. The van der Waals surface area contributed by atoms with Crippen molar-refractivity contribution in [3.05, 3.63) is 53.6 Å². The van der Waals surface area contributed by atoms with E-state index in [4.69, 9.17) is 4.74 Å². The second-order valence-electron chi connectivity index (χ2n) is 6.43. The average molecular weight is 345 g/mol. The first-order valence-corrected chi connectivity index (χ1v) is 7.68. The molecule has 2 N–H and O–H groups in total. The number of pyridine rings is 1. The van der Waals surface area contributed by atoms with Gasteiger partial charge in [-0.15, -0.1) is 0 Å². The highest BCUT2D eigenvalue weighted by molar-refractivity contribution is 6.07. The lowest BCUT2D eigenvalue weighted by molar-refractivity contribution is 0.0635. The monoisotopic (exact) mass is 345 g/mol. The minimum absolute atomic E-state index is 0.101. The molecule has 0 spiro atoms. The van der Waals surface area contributed by atoms with Crippen LogP contribution in [-0.4, -0.2) is 22.6 Å². The molecule has 132 valence electrons. The molecule has 0 saturated carbocycles. The molecule has 6 nitrogen and oxygen atoms in total. The molecule has 1 aromatic heterocycles. The van der Waals surface area contributed by atoms with Gasteiger partial charge >= 0.3 is 6.09 Å². The molecule has 2 rings (SSSR count). The normalized spacial score (nSPS) is 10.9. The number of aryl methyl sites for hydroxylation is 1. The van der Waals surface area contributed by atoms with Gasteiger partial charge in [-0.25, -0.2) is 9.18 Å². The first-order chi connectivity index (χ1) is 11.7. The molecule has 0 unspecified atom stereocenters. The Kier molecular flexibility index (Phi) is 5.36. The fraction of sp³-hybridized carbons (Fsp3) is 0.278. The summed E-state index contributed by atoms with van der Waals surface area (Å²) < 4.78 is 19.3. The Balaban J connectivity index is 2.25. The summed E-state index contributed by atoms with van der Waals surface area (Å²) >= 11 is 0. The van der Waals surface area contributed by atoms with E-state index in [1.54, 1.807) is 40.0 Å². The van der Waals surface area contributed by atoms with Crippen molar-refractivity contribution in [2.75, 3.05) is 10.6 Å². The van der Waals surface area contributed by atoms with Gasteiger partial charge in [-0.3, -0.25) is 15.1 Å². The zero-order chi connectivity index (χ0) is 18.6. The van der Waals surface area contributed by atoms with Crippen LogP contribution in [0.2, 0.25) is 0 Å². The summed E-state index contributed by atoms with van der Waals surface area (Å²) in [6, 6.07) is 5.76. The van der Waals surface area contributed by atoms with Crippen molar-refractivity contribution in [2.24, 2.45) is 0 Å². The van der Waals surface area contributed by atoms with Crippen LogP contribution >= 0.6 is 0 Å². The summed E-state index contributed by atoms with van der Waals surface area (Å²) in [6.45, 7) is 6.89. The van der Waals surface area contributed by atoms with Gasteiger partial charge < -0.3 is 10.1 Å². The third-order valence-corrected chi connectivity index (χ3v) is 3.17. The molecule has 0 bridgehead atoms. The van der Waals surface area contributed by atoms with E-state index in [-0.39, 0.29) is 11.4 Å². The van der Waals surface area contributed by atoms with Gasteiger partial charge in [0.15, 0.2) is 0 Å². The smallest absolute Gasteiger partial charge is 0.412 e. The molecular formula is C18H20FN3O3. The number of hydrogen-bond donors (Lipinski definition) is 2. The van der Waals surface area contributed by atoms with Crippen molar-refractivity contribution < 1.29 is 18.7 Å². The van der Waals surface area contributed by atoms with Crippen LogP contribution in [0, 0.1) is 12.7 Å². The summed E-state index contributed by atoms with van der Waals surface area (Å²) in [5.74, 6) is -1.20. The van der Waals surface area contributed by atoms with Crippen LogP contribution in [0.3, 0.4) is 0 Å². The Morgan fingerprint density at radius 3 is 2.52 bits per heavy atom. The zero-order valence-electron chi connectivity index (χ0n) is 14.5. The van der Waals surface area contributed by atoms with Gasteiger partial charge in [-0.1, -0.05) is 6.07 Å². The minimum Gasteiger partial charge on any atom is -0.444 e. The van der Waals surface area contributed by atoms with Gasteiger partial charge in [-0.2, -0.15) is 0 Å². The largest absolute Gasteiger partial charge is 0.444 e. The number of para-hydroxylation sites is 1. The van der Waals surface area contributed by atoms with Crippen molar-refractivity contribution in [3.8, 4) is 0 Å². The van der Waals surface area contributed by atoms with Crippen molar-refractivity contribution >= 4 is 23.4 Å². The number of rotatable bonds is 3. The van der Waals surface area contributed by atoms with E-state index in [1.165, 1.54) is 24.4 Å². The van der Waals surface area contributed by atoms with Crippen molar-refractivity contribution in [1.82, 2.24) is 4.98 Å². The number of hydrogen-bond acceptors (Lipinski definition) is 4. The van der Waals surface area contributed by atoms with Crippen LogP contribution < -0.4 is 10.6 Å². The number of aromatic nitrogens is 1. The Hall–Kier alpha value is -2.96. The quantitative estimate of drug-likeness (QED) is 0.876. The van der Waals surface area contributed by atoms with Gasteiger partial charge in [-0.05, 0) is 51.5 Å². The highest BCUT2D eigenvalue weighted by atomic mass is 19.1. The van der Waals surface area contributed by atoms with Gasteiger partial charge in [0.05, 0.1) is 11.3 Å². The molecule has 0 atom stereocenters. The van der Waals surface area contributed by atoms with Crippen LogP contribution in [0.1, 0.15) is 36.7 Å². The van der Waals surface area contributed by atoms with Crippen LogP contribution in [0.4, 0.5) is 20.6 Å². The Morgan fingerprint density at radius 2 is 1.88 bits per heavy atom. The van der Waals surface area contributed by atoms with Crippen molar-refractivity contribution in [3.63, 3.8) is 0 Å². The number of carbonyl (C=O) groups excluding carboxylic acids is 2. The predicted octanol–water partition coefficient (Wildman–Crippen LogP) is 4.13. The molecule has 0 saturated heterocycles. The number of nitrogens with zero attached hydrogens (tertiary/aromatic N) is 1. The van der Waals surface area contributed by atoms with E-state index < -0.39 is 23.4 Å². The number of carbonyl (C=O) groups is 2. The van der Waals surface area contributed by atoms with Crippen LogP contribution in [-0.2, 0) is 4.74 Å². The summed E-state index contributed by atoms with van der Waals surface area (Å²) in [4.78, 5) is 28.2. The van der Waals surface area contributed by atoms with Crippen LogP contribution in [0.15, 0.2) is 36.7 Å². The van der Waals surface area contributed by atoms with Gasteiger partial charge in [0.2, 0.25) is 0 Å². The molecule has 0 aliphatic rings. The molecule has 2 amide bonds. The highest BCUT2D eigenvalue weighted by Gasteiger charge is 2.20. The molecule has 0 aliphatic heterocycles. The first kappa shape index (κ1) is 18.4. The molecule has 25 heavy (non-hydrogen) atoms. The van der Waals surface area contributed by atoms with E-state index in [0.29, 0.717) is 11.1 Å². The van der Waals surface area contributed by atoms with Gasteiger partial charge in [0, 0.05) is 12.4 Å². The fourth-order valence-corrected chi connectivity index (χ4v) is 2.05. The number of anilines is 2. The molecule has 7 heteroatoms. The molecule has 0 aliphatic carbocycles. The molecule has 2 aromatic rings. The van der Waals surface area contributed by atoms with E-state index in [0.717, 1.165) is 0 Å². The number of ether oxygens (including phenoxy) is 1. The maximum Gasteiger partial charge on any atom is 0.412 e. The Morgan fingerprint density at radius 1 is 1.16 bits per heavy atom. The molecule has 1 aromatic carbocycles. The number of halogens is 1. The van der Waals surface area contributed by atoms with Crippen LogP contribution in [0.25, 0.3) is 0 Å². The third kappa shape index (κ3) is 5.00. The summed E-state index contributed by atoms with van der Waals surface area (Å²) in [6.07, 6.45) is 2.21. The SMILES string of the molecule is Cc1ccncc1C(=O)Nc1c(F)cccc1NC(=O)OC(C)(C)C. The van der Waals surface area contributed by atoms with Crippen molar-refractivity contribution in [2.45, 2.75) is 33.3 Å². The van der Waals surface area contributed by atoms with E-state index in [9.17, 15) is 14.0 Å². The standard InChI is InChI=1S/C18H20FN3O3/c1-11-8-9-20-10-12(11)16(23)22-15-13(19)6-5-7-14(15)21-17(24)25-18(2,3)4/h5-10H,1-4H3,(H,21,24)(H,22,23). The molecule has 0 fully saturated rings. The summed E-state index contributed by atoms with van der Waals surface area (Å²) in [5.41, 5.74) is 0.276. The lowest BCUT2D eigenvalue weighted by Gasteiger charge is -2.20. The maximum atomic E-state index is 14.2. The Labute approximate surface area is 145 Å². The third-order valence-electron chi connectivity index (χ3n) is 3.17. The molecular weight excluding hydrogens is 325 g/mol. The van der Waals surface area contributed by atoms with E-state index >= 15 is 0 Å². The highest BCUT2D eigenvalue weighted by Crippen LogP contribution is 2.26. The summed E-state index contributed by atoms with van der Waals surface area (Å²) in [5, 5.41) is 4.93. The average Bonchev–Trinajstić information content (AvgIpc) is 2.49. The minimum atomic E-state index is -0.744. The zero-order valence-corrected chi connectivity index (χ0v) is 14.5. The van der Waals surface area contributed by atoms with Gasteiger partial charge in [0.1, 0.15) is 17.1 Å². The van der Waals surface area contributed by atoms with Gasteiger partial charge in [0.25, 0.3) is 5.91 Å². The van der Waals surface area contributed by atoms with E-state index in [2.05, 4.69) is 15.6 Å². The van der Waals surface area contributed by atoms with E-state index in [1.807, 2.05) is 0 Å². The molecule has 0 radical (unpaired) electrons. The number of amides is 2.